The molecule has 3 heterocycles. The lowest BCUT2D eigenvalue weighted by molar-refractivity contribution is -0.119. The predicted molar refractivity (Wildman–Crippen MR) is 100 cm³/mol. The third-order valence-electron chi connectivity index (χ3n) is 5.59. The van der Waals surface area contributed by atoms with E-state index >= 15 is 0 Å². The van der Waals surface area contributed by atoms with Crippen LogP contribution in [0.15, 0.2) is 24.3 Å². The zero-order valence-corrected chi connectivity index (χ0v) is 16.5. The number of rotatable bonds is 4. The molecule has 3 saturated heterocycles. The van der Waals surface area contributed by atoms with Crippen molar-refractivity contribution in [2.24, 2.45) is 0 Å². The number of anilines is 1. The summed E-state index contributed by atoms with van der Waals surface area (Å²) >= 11 is 0. The number of halogens is 1. The second-order valence-electron chi connectivity index (χ2n) is 7.80. The minimum absolute atomic E-state index is 0.0873. The summed E-state index contributed by atoms with van der Waals surface area (Å²) in [6.07, 6.45) is 0.176. The molecule has 3 aliphatic rings. The molecule has 1 N–H and O–H groups in total. The van der Waals surface area contributed by atoms with Gasteiger partial charge in [-0.3, -0.25) is 4.90 Å². The van der Waals surface area contributed by atoms with Gasteiger partial charge in [0.25, 0.3) is 0 Å². The van der Waals surface area contributed by atoms with E-state index in [1.54, 1.807) is 13.2 Å². The maximum absolute atomic E-state index is 13.2. The molecular formula is C18H24FN3O5S. The summed E-state index contributed by atoms with van der Waals surface area (Å²) in [5, 5.41) is 2.06. The zero-order valence-electron chi connectivity index (χ0n) is 15.6. The maximum Gasteiger partial charge on any atom is 0.322 e. The van der Waals surface area contributed by atoms with Gasteiger partial charge in [0.15, 0.2) is 9.84 Å². The standard InChI is InChI=1S/C18H24FN3O5S/c1-26-15-6-21(7-15)8-16-9-27-18(12-28(16,24)25)10-22(11-18)17(23)20-14-4-2-3-13(19)5-14/h2-5,15-16H,6-12H2,1H3,(H,20,23)/t16-/m0/s1. The Morgan fingerprint density at radius 1 is 1.39 bits per heavy atom. The van der Waals surface area contributed by atoms with Gasteiger partial charge in [0.2, 0.25) is 0 Å². The van der Waals surface area contributed by atoms with Gasteiger partial charge in [0.1, 0.15) is 11.4 Å². The third-order valence-corrected chi connectivity index (χ3v) is 7.82. The molecule has 1 atom stereocenters. The second kappa shape index (κ2) is 7.25. The summed E-state index contributed by atoms with van der Waals surface area (Å²) in [6.45, 7) is 2.46. The van der Waals surface area contributed by atoms with Crippen molar-refractivity contribution in [1.29, 1.82) is 0 Å². The number of nitrogens with zero attached hydrogens (tertiary/aromatic N) is 2. The van der Waals surface area contributed by atoms with Crippen molar-refractivity contribution in [2.45, 2.75) is 17.0 Å². The van der Waals surface area contributed by atoms with Crippen LogP contribution in [0.5, 0.6) is 0 Å². The van der Waals surface area contributed by atoms with Crippen LogP contribution in [0, 0.1) is 5.82 Å². The maximum atomic E-state index is 13.2. The molecule has 2 amide bonds. The van der Waals surface area contributed by atoms with Crippen molar-refractivity contribution in [2.75, 3.05) is 57.5 Å². The molecule has 1 aromatic carbocycles. The van der Waals surface area contributed by atoms with E-state index in [1.807, 2.05) is 0 Å². The number of carbonyl (C=O) groups excluding carboxylic acids is 1. The fourth-order valence-electron chi connectivity index (χ4n) is 3.92. The summed E-state index contributed by atoms with van der Waals surface area (Å²) in [4.78, 5) is 15.8. The molecular weight excluding hydrogens is 389 g/mol. The molecule has 28 heavy (non-hydrogen) atoms. The first-order valence-corrected chi connectivity index (χ1v) is 10.9. The Bertz CT molecular complexity index is 853. The van der Waals surface area contributed by atoms with Crippen LogP contribution in [0.25, 0.3) is 0 Å². The van der Waals surface area contributed by atoms with E-state index in [0.29, 0.717) is 12.2 Å². The number of benzene rings is 1. The summed E-state index contributed by atoms with van der Waals surface area (Å²) in [6, 6.07) is 5.22. The smallest absolute Gasteiger partial charge is 0.322 e. The minimum Gasteiger partial charge on any atom is -0.379 e. The molecule has 4 rings (SSSR count). The van der Waals surface area contributed by atoms with Gasteiger partial charge in [-0.15, -0.1) is 0 Å². The molecule has 0 unspecified atom stereocenters. The lowest BCUT2D eigenvalue weighted by Gasteiger charge is -2.52. The van der Waals surface area contributed by atoms with Crippen LogP contribution in [0.1, 0.15) is 0 Å². The largest absolute Gasteiger partial charge is 0.379 e. The lowest BCUT2D eigenvalue weighted by atomic mass is 9.96. The third kappa shape index (κ3) is 3.86. The van der Waals surface area contributed by atoms with Crippen LogP contribution in [-0.4, -0.2) is 93.4 Å². The first-order chi connectivity index (χ1) is 13.3. The van der Waals surface area contributed by atoms with Crippen molar-refractivity contribution in [1.82, 2.24) is 9.80 Å². The molecule has 1 spiro atoms. The lowest BCUT2D eigenvalue weighted by Crippen LogP contribution is -2.71. The van der Waals surface area contributed by atoms with E-state index in [2.05, 4.69) is 10.2 Å². The zero-order chi connectivity index (χ0) is 19.9. The summed E-state index contributed by atoms with van der Waals surface area (Å²) < 4.78 is 49.8. The van der Waals surface area contributed by atoms with Crippen LogP contribution >= 0.6 is 0 Å². The topological polar surface area (TPSA) is 88.2 Å². The summed E-state index contributed by atoms with van der Waals surface area (Å²) in [5.41, 5.74) is -0.481. The highest BCUT2D eigenvalue weighted by Crippen LogP contribution is 2.33. The Morgan fingerprint density at radius 3 is 2.79 bits per heavy atom. The molecule has 154 valence electrons. The quantitative estimate of drug-likeness (QED) is 0.776. The van der Waals surface area contributed by atoms with Crippen LogP contribution in [0.2, 0.25) is 0 Å². The number of sulfone groups is 1. The number of likely N-dealkylation sites (tertiary alicyclic amines) is 2. The van der Waals surface area contributed by atoms with Crippen molar-refractivity contribution in [3.8, 4) is 0 Å². The van der Waals surface area contributed by atoms with Crippen LogP contribution in [0.4, 0.5) is 14.9 Å². The van der Waals surface area contributed by atoms with Crippen molar-refractivity contribution >= 4 is 21.6 Å². The first kappa shape index (κ1) is 19.6. The molecule has 0 aromatic heterocycles. The Kier molecular flexibility index (Phi) is 5.07. The Balaban J connectivity index is 1.29. The van der Waals surface area contributed by atoms with E-state index in [9.17, 15) is 17.6 Å². The highest BCUT2D eigenvalue weighted by atomic mass is 32.2. The molecule has 10 heteroatoms. The normalized spacial score (nSPS) is 26.5. The van der Waals surface area contributed by atoms with Gasteiger partial charge >= 0.3 is 6.03 Å². The highest BCUT2D eigenvalue weighted by Gasteiger charge is 2.54. The summed E-state index contributed by atoms with van der Waals surface area (Å²) in [5.74, 6) is -0.527. The molecule has 1 aromatic rings. The fraction of sp³-hybridized carbons (Fsp3) is 0.611. The van der Waals surface area contributed by atoms with E-state index in [-0.39, 0.29) is 31.6 Å². The number of amides is 2. The van der Waals surface area contributed by atoms with Gasteiger partial charge in [0.05, 0.1) is 36.8 Å². The van der Waals surface area contributed by atoms with Crippen molar-refractivity contribution in [3.63, 3.8) is 0 Å². The van der Waals surface area contributed by atoms with Crippen LogP contribution < -0.4 is 5.32 Å². The van der Waals surface area contributed by atoms with Gasteiger partial charge in [-0.05, 0) is 18.2 Å². The van der Waals surface area contributed by atoms with Gasteiger partial charge in [0, 0.05) is 32.4 Å². The van der Waals surface area contributed by atoms with E-state index in [0.717, 1.165) is 13.1 Å². The Morgan fingerprint density at radius 2 is 2.14 bits per heavy atom. The molecule has 0 bridgehead atoms. The van der Waals surface area contributed by atoms with E-state index in [1.165, 1.54) is 23.1 Å². The number of hydrogen-bond acceptors (Lipinski definition) is 6. The first-order valence-electron chi connectivity index (χ1n) is 9.21. The second-order valence-corrected chi connectivity index (χ2v) is 10.1. The summed E-state index contributed by atoms with van der Waals surface area (Å²) in [7, 11) is -1.66. The minimum atomic E-state index is -3.32. The molecule has 3 aliphatic heterocycles. The number of urea groups is 1. The number of methoxy groups -OCH3 is 1. The number of ether oxygens (including phenoxy) is 2. The van der Waals surface area contributed by atoms with Crippen molar-refractivity contribution in [3.05, 3.63) is 30.1 Å². The Hall–Kier alpha value is -1.75. The monoisotopic (exact) mass is 413 g/mol. The van der Waals surface area contributed by atoms with Gasteiger partial charge in [-0.2, -0.15) is 0 Å². The number of carbonyl (C=O) groups is 1. The highest BCUT2D eigenvalue weighted by molar-refractivity contribution is 7.92. The van der Waals surface area contributed by atoms with Gasteiger partial charge in [-0.1, -0.05) is 6.07 Å². The average molecular weight is 413 g/mol. The molecule has 3 fully saturated rings. The van der Waals surface area contributed by atoms with Crippen LogP contribution in [0.3, 0.4) is 0 Å². The number of hydrogen-bond donors (Lipinski definition) is 1. The molecule has 8 nitrogen and oxygen atoms in total. The molecule has 0 radical (unpaired) electrons. The molecule has 0 aliphatic carbocycles. The fourth-order valence-corrected chi connectivity index (χ4v) is 5.87. The number of nitrogens with one attached hydrogen (secondary N) is 1. The molecule has 0 saturated carbocycles. The van der Waals surface area contributed by atoms with Crippen molar-refractivity contribution < 1.29 is 27.1 Å². The van der Waals surface area contributed by atoms with Gasteiger partial charge in [-0.25, -0.2) is 17.6 Å². The predicted octanol–water partition coefficient (Wildman–Crippen LogP) is 0.556. The van der Waals surface area contributed by atoms with Crippen LogP contribution in [-0.2, 0) is 19.3 Å². The van der Waals surface area contributed by atoms with E-state index in [4.69, 9.17) is 9.47 Å². The SMILES string of the molecule is COC1CN(C[C@H]2COC3(CN(C(=O)Nc4cccc(F)c4)C3)CS2(=O)=O)C1. The van der Waals surface area contributed by atoms with Gasteiger partial charge < -0.3 is 19.7 Å². The van der Waals surface area contributed by atoms with E-state index < -0.39 is 32.5 Å². The Labute approximate surface area is 163 Å². The average Bonchev–Trinajstić information content (AvgIpc) is 2.56.